The number of nitrogens with one attached hydrogen (secondary N) is 2. The van der Waals surface area contributed by atoms with E-state index in [0.717, 1.165) is 18.5 Å². The van der Waals surface area contributed by atoms with Crippen LogP contribution in [0, 0.1) is 11.3 Å². The van der Waals surface area contributed by atoms with Crippen LogP contribution < -0.4 is 11.1 Å². The van der Waals surface area contributed by atoms with Crippen LogP contribution in [0.25, 0.3) is 0 Å². The van der Waals surface area contributed by atoms with Crippen molar-refractivity contribution in [2.45, 2.75) is 12.3 Å². The van der Waals surface area contributed by atoms with Crippen molar-refractivity contribution in [1.82, 2.24) is 0 Å². The van der Waals surface area contributed by atoms with E-state index in [1.54, 1.807) is 0 Å². The smallest absolute Gasteiger partial charge is 0.122 e. The van der Waals surface area contributed by atoms with Gasteiger partial charge in [0.1, 0.15) is 5.84 Å². The molecule has 2 atom stereocenters. The number of fused-ring (bicyclic) bond motifs is 5. The summed E-state index contributed by atoms with van der Waals surface area (Å²) in [4.78, 5) is 0. The summed E-state index contributed by atoms with van der Waals surface area (Å²) in [5.74, 6) is 1.20. The molecule has 2 aromatic rings. The highest BCUT2D eigenvalue weighted by Gasteiger charge is 2.37. The van der Waals surface area contributed by atoms with Crippen LogP contribution in [0.5, 0.6) is 0 Å². The second kappa shape index (κ2) is 4.10. The largest absolute Gasteiger partial charge is 0.384 e. The van der Waals surface area contributed by atoms with E-state index in [9.17, 15) is 0 Å². The lowest BCUT2D eigenvalue weighted by atomic mass is 9.81. The van der Waals surface area contributed by atoms with Gasteiger partial charge in [0.2, 0.25) is 0 Å². The standard InChI is InChI=1S/C17H17N3/c18-17(19)11-5-6-15-14(8-11)16-12(9-20-15)7-10-3-1-2-4-13(10)16/h1-6,8,12,16,20H,7,9H2,(H3,18,19)/t12-,16?/m0/s1. The highest BCUT2D eigenvalue weighted by atomic mass is 14.9. The molecule has 0 bridgehead atoms. The first kappa shape index (κ1) is 11.5. The minimum atomic E-state index is 0.140. The number of hydrogen-bond acceptors (Lipinski definition) is 2. The van der Waals surface area contributed by atoms with Crippen LogP contribution >= 0.6 is 0 Å². The van der Waals surface area contributed by atoms with Gasteiger partial charge in [0, 0.05) is 23.7 Å². The Balaban J connectivity index is 1.89. The molecule has 3 nitrogen and oxygen atoms in total. The summed E-state index contributed by atoms with van der Waals surface area (Å²) < 4.78 is 0. The molecule has 0 aromatic heterocycles. The van der Waals surface area contributed by atoms with Gasteiger partial charge in [0.15, 0.2) is 0 Å². The van der Waals surface area contributed by atoms with Crippen LogP contribution in [-0.2, 0) is 6.42 Å². The van der Waals surface area contributed by atoms with E-state index < -0.39 is 0 Å². The zero-order valence-electron chi connectivity index (χ0n) is 11.2. The minimum Gasteiger partial charge on any atom is -0.384 e. The fourth-order valence-electron chi connectivity index (χ4n) is 3.68. The van der Waals surface area contributed by atoms with Gasteiger partial charge in [-0.2, -0.15) is 0 Å². The van der Waals surface area contributed by atoms with Crippen molar-refractivity contribution in [3.8, 4) is 0 Å². The van der Waals surface area contributed by atoms with Crippen LogP contribution in [0.1, 0.15) is 28.2 Å². The predicted molar refractivity (Wildman–Crippen MR) is 81.4 cm³/mol. The number of hydrogen-bond donors (Lipinski definition) is 3. The lowest BCUT2D eigenvalue weighted by Crippen LogP contribution is -2.26. The maximum absolute atomic E-state index is 7.64. The zero-order chi connectivity index (χ0) is 13.7. The van der Waals surface area contributed by atoms with E-state index >= 15 is 0 Å². The summed E-state index contributed by atoms with van der Waals surface area (Å²) in [6.07, 6.45) is 1.14. The molecule has 2 aromatic carbocycles. The minimum absolute atomic E-state index is 0.140. The van der Waals surface area contributed by atoms with Crippen molar-refractivity contribution in [3.63, 3.8) is 0 Å². The molecule has 100 valence electrons. The highest BCUT2D eigenvalue weighted by molar-refractivity contribution is 5.95. The van der Waals surface area contributed by atoms with Crippen LogP contribution in [0.15, 0.2) is 42.5 Å². The first-order valence-electron chi connectivity index (χ1n) is 7.04. The molecule has 1 unspecified atom stereocenters. The molecular formula is C17H17N3. The molecule has 1 aliphatic carbocycles. The molecule has 4 rings (SSSR count). The number of rotatable bonds is 1. The molecule has 0 radical (unpaired) electrons. The second-order valence-electron chi connectivity index (χ2n) is 5.74. The molecule has 4 N–H and O–H groups in total. The Morgan fingerprint density at radius 3 is 2.85 bits per heavy atom. The van der Waals surface area contributed by atoms with E-state index in [4.69, 9.17) is 11.1 Å². The highest BCUT2D eigenvalue weighted by Crippen LogP contribution is 2.47. The molecule has 0 saturated heterocycles. The molecule has 3 heteroatoms. The monoisotopic (exact) mass is 263 g/mol. The summed E-state index contributed by atoms with van der Waals surface area (Å²) in [6.45, 7) is 1.02. The molecule has 20 heavy (non-hydrogen) atoms. The van der Waals surface area contributed by atoms with E-state index in [1.807, 2.05) is 6.07 Å². The van der Waals surface area contributed by atoms with Crippen LogP contribution in [-0.4, -0.2) is 12.4 Å². The average Bonchev–Trinajstić information content (AvgIpc) is 2.85. The van der Waals surface area contributed by atoms with E-state index in [-0.39, 0.29) is 5.84 Å². The molecular weight excluding hydrogens is 246 g/mol. The zero-order valence-corrected chi connectivity index (χ0v) is 11.2. The van der Waals surface area contributed by atoms with Gasteiger partial charge >= 0.3 is 0 Å². The maximum atomic E-state index is 7.64. The number of anilines is 1. The Morgan fingerprint density at radius 1 is 1.15 bits per heavy atom. The number of nitrogens with two attached hydrogens (primary N) is 1. The van der Waals surface area contributed by atoms with Gasteiger partial charge in [-0.3, -0.25) is 5.41 Å². The Bertz CT molecular complexity index is 705. The Hall–Kier alpha value is -2.29. The van der Waals surface area contributed by atoms with Gasteiger partial charge in [-0.25, -0.2) is 0 Å². The fourth-order valence-corrected chi connectivity index (χ4v) is 3.68. The summed E-state index contributed by atoms with van der Waals surface area (Å²) >= 11 is 0. The van der Waals surface area contributed by atoms with Crippen molar-refractivity contribution < 1.29 is 0 Å². The SMILES string of the molecule is N=C(N)c1ccc2c(c1)C1c3ccccc3C[C@H]1CN2. The van der Waals surface area contributed by atoms with Crippen LogP contribution in [0.3, 0.4) is 0 Å². The lowest BCUT2D eigenvalue weighted by Gasteiger charge is -2.30. The third-order valence-corrected chi connectivity index (χ3v) is 4.60. The normalized spacial score (nSPS) is 22.4. The van der Waals surface area contributed by atoms with Crippen LogP contribution in [0.2, 0.25) is 0 Å². The quantitative estimate of drug-likeness (QED) is 0.547. The van der Waals surface area contributed by atoms with Crippen molar-refractivity contribution >= 4 is 11.5 Å². The summed E-state index contributed by atoms with van der Waals surface area (Å²) in [7, 11) is 0. The van der Waals surface area contributed by atoms with Gasteiger partial charge in [0.25, 0.3) is 0 Å². The van der Waals surface area contributed by atoms with E-state index in [0.29, 0.717) is 11.8 Å². The molecule has 1 heterocycles. The second-order valence-corrected chi connectivity index (χ2v) is 5.74. The third-order valence-electron chi connectivity index (χ3n) is 4.60. The van der Waals surface area contributed by atoms with Crippen molar-refractivity contribution in [2.75, 3.05) is 11.9 Å². The summed E-state index contributed by atoms with van der Waals surface area (Å²) in [5.41, 5.74) is 11.8. The van der Waals surface area contributed by atoms with E-state index in [2.05, 4.69) is 41.7 Å². The van der Waals surface area contributed by atoms with Crippen molar-refractivity contribution in [3.05, 3.63) is 64.7 Å². The van der Waals surface area contributed by atoms with Crippen molar-refractivity contribution in [2.24, 2.45) is 11.7 Å². The maximum Gasteiger partial charge on any atom is 0.122 e. The molecule has 0 amide bonds. The third kappa shape index (κ3) is 1.56. The predicted octanol–water partition coefficient (Wildman–Crippen LogP) is 2.70. The molecule has 0 saturated carbocycles. The lowest BCUT2D eigenvalue weighted by molar-refractivity contribution is 0.516. The van der Waals surface area contributed by atoms with Gasteiger partial charge in [-0.1, -0.05) is 24.3 Å². The first-order valence-corrected chi connectivity index (χ1v) is 7.04. The first-order chi connectivity index (χ1) is 9.74. The molecule has 0 spiro atoms. The topological polar surface area (TPSA) is 61.9 Å². The van der Waals surface area contributed by atoms with Crippen LogP contribution in [0.4, 0.5) is 5.69 Å². The van der Waals surface area contributed by atoms with Crippen molar-refractivity contribution in [1.29, 1.82) is 5.41 Å². The van der Waals surface area contributed by atoms with E-state index in [1.165, 1.54) is 22.4 Å². The molecule has 1 aliphatic heterocycles. The molecule has 0 fully saturated rings. The average molecular weight is 263 g/mol. The Morgan fingerprint density at radius 2 is 2.00 bits per heavy atom. The van der Waals surface area contributed by atoms with Gasteiger partial charge in [-0.05, 0) is 47.2 Å². The van der Waals surface area contributed by atoms with Gasteiger partial charge < -0.3 is 11.1 Å². The Labute approximate surface area is 118 Å². The Kier molecular flexibility index (Phi) is 2.36. The summed E-state index contributed by atoms with van der Waals surface area (Å²) in [5, 5.41) is 11.2. The van der Waals surface area contributed by atoms with Gasteiger partial charge in [0.05, 0.1) is 0 Å². The summed E-state index contributed by atoms with van der Waals surface area (Å²) in [6, 6.07) is 14.8. The number of nitrogen functional groups attached to an aromatic ring is 1. The molecule has 2 aliphatic rings. The fraction of sp³-hybridized carbons (Fsp3) is 0.235. The number of amidine groups is 1. The van der Waals surface area contributed by atoms with Gasteiger partial charge in [-0.15, -0.1) is 0 Å². The number of benzene rings is 2.